The molecule has 0 amide bonds. The van der Waals surface area contributed by atoms with E-state index in [4.69, 9.17) is 9.47 Å². The lowest BCUT2D eigenvalue weighted by Crippen LogP contribution is -2.29. The van der Waals surface area contributed by atoms with E-state index >= 15 is 0 Å². The first kappa shape index (κ1) is 14.7. The Morgan fingerprint density at radius 2 is 1.67 bits per heavy atom. The molecule has 1 fully saturated rings. The van der Waals surface area contributed by atoms with Crippen molar-refractivity contribution in [2.45, 2.75) is 64.0 Å². The molecule has 0 unspecified atom stereocenters. The number of rotatable bonds is 3. The lowest BCUT2D eigenvalue weighted by Gasteiger charge is -2.22. The minimum Gasteiger partial charge on any atom is -0.490 e. The minimum absolute atomic E-state index is 0.660. The maximum Gasteiger partial charge on any atom is 0.165 e. The van der Waals surface area contributed by atoms with Crippen LogP contribution in [0.2, 0.25) is 0 Å². The molecule has 0 atom stereocenters. The van der Waals surface area contributed by atoms with E-state index in [0.717, 1.165) is 37.7 Å². The van der Waals surface area contributed by atoms with E-state index < -0.39 is 0 Å². The van der Waals surface area contributed by atoms with Crippen molar-refractivity contribution in [3.05, 3.63) is 23.8 Å². The zero-order valence-electron chi connectivity index (χ0n) is 12.9. The quantitative estimate of drug-likeness (QED) is 0.910. The summed E-state index contributed by atoms with van der Waals surface area (Å²) in [6, 6.07) is 6.90. The number of hydrogen-bond donors (Lipinski definition) is 1. The molecule has 1 heterocycles. The molecular formula is C18H27NO2. The fourth-order valence-corrected chi connectivity index (χ4v) is 3.31. The van der Waals surface area contributed by atoms with Crippen molar-refractivity contribution in [3.8, 4) is 11.5 Å². The molecule has 0 bridgehead atoms. The molecule has 3 heteroatoms. The number of ether oxygens (including phenoxy) is 2. The molecule has 3 nitrogen and oxygen atoms in total. The number of hydrogen-bond acceptors (Lipinski definition) is 3. The monoisotopic (exact) mass is 289 g/mol. The van der Waals surface area contributed by atoms with Gasteiger partial charge in [-0.2, -0.15) is 0 Å². The van der Waals surface area contributed by atoms with E-state index in [9.17, 15) is 0 Å². The van der Waals surface area contributed by atoms with Crippen LogP contribution < -0.4 is 14.8 Å². The molecule has 2 aliphatic rings. The highest BCUT2D eigenvalue weighted by Gasteiger charge is 2.16. The van der Waals surface area contributed by atoms with Gasteiger partial charge in [0.25, 0.3) is 0 Å². The van der Waals surface area contributed by atoms with Gasteiger partial charge in [0.1, 0.15) is 0 Å². The smallest absolute Gasteiger partial charge is 0.165 e. The van der Waals surface area contributed by atoms with Crippen LogP contribution in [0.15, 0.2) is 18.2 Å². The molecule has 1 aromatic carbocycles. The second-order valence-electron chi connectivity index (χ2n) is 6.22. The summed E-state index contributed by atoms with van der Waals surface area (Å²) in [7, 11) is 0. The summed E-state index contributed by atoms with van der Waals surface area (Å²) >= 11 is 0. The fourth-order valence-electron chi connectivity index (χ4n) is 3.31. The topological polar surface area (TPSA) is 30.5 Å². The second kappa shape index (κ2) is 7.69. The van der Waals surface area contributed by atoms with Gasteiger partial charge in [-0.05, 0) is 18.9 Å². The largest absolute Gasteiger partial charge is 0.490 e. The first-order valence-corrected chi connectivity index (χ1v) is 8.54. The number of benzene rings is 1. The Morgan fingerprint density at radius 3 is 2.52 bits per heavy atom. The van der Waals surface area contributed by atoms with Gasteiger partial charge in [0.05, 0.1) is 13.2 Å². The average molecular weight is 289 g/mol. The van der Waals surface area contributed by atoms with Crippen LogP contribution in [0.4, 0.5) is 0 Å². The zero-order chi connectivity index (χ0) is 14.3. The van der Waals surface area contributed by atoms with Gasteiger partial charge >= 0.3 is 0 Å². The van der Waals surface area contributed by atoms with Crippen molar-refractivity contribution < 1.29 is 9.47 Å². The summed E-state index contributed by atoms with van der Waals surface area (Å²) in [4.78, 5) is 0. The molecule has 1 N–H and O–H groups in total. The maximum absolute atomic E-state index is 5.90. The van der Waals surface area contributed by atoms with E-state index in [2.05, 4.69) is 17.4 Å². The Hall–Kier alpha value is -1.22. The minimum atomic E-state index is 0.660. The molecule has 21 heavy (non-hydrogen) atoms. The third-order valence-electron chi connectivity index (χ3n) is 4.54. The first-order valence-electron chi connectivity index (χ1n) is 8.54. The highest BCUT2D eigenvalue weighted by atomic mass is 16.5. The van der Waals surface area contributed by atoms with E-state index in [1.807, 2.05) is 6.07 Å². The van der Waals surface area contributed by atoms with Crippen LogP contribution in [0, 0.1) is 0 Å². The fraction of sp³-hybridized carbons (Fsp3) is 0.667. The molecule has 0 spiro atoms. The number of nitrogens with one attached hydrogen (secondary N) is 1. The van der Waals surface area contributed by atoms with Crippen molar-refractivity contribution in [1.82, 2.24) is 5.32 Å². The van der Waals surface area contributed by atoms with E-state index in [0.29, 0.717) is 6.04 Å². The predicted molar refractivity (Wildman–Crippen MR) is 85.0 cm³/mol. The third-order valence-corrected chi connectivity index (χ3v) is 4.54. The maximum atomic E-state index is 5.90. The van der Waals surface area contributed by atoms with Crippen LogP contribution in [0.25, 0.3) is 0 Å². The van der Waals surface area contributed by atoms with Crippen molar-refractivity contribution >= 4 is 0 Å². The lowest BCUT2D eigenvalue weighted by molar-refractivity contribution is 0.295. The summed E-state index contributed by atoms with van der Waals surface area (Å²) in [5.41, 5.74) is 1.23. The van der Waals surface area contributed by atoms with Gasteiger partial charge in [-0.3, -0.25) is 0 Å². The van der Waals surface area contributed by atoms with Crippen molar-refractivity contribution in [2.24, 2.45) is 0 Å². The molecule has 116 valence electrons. The molecule has 0 aromatic heterocycles. The van der Waals surface area contributed by atoms with E-state index in [-0.39, 0.29) is 0 Å². The first-order chi connectivity index (χ1) is 10.4. The molecule has 0 saturated heterocycles. The van der Waals surface area contributed by atoms with Crippen LogP contribution in [0.3, 0.4) is 0 Å². The van der Waals surface area contributed by atoms with Crippen LogP contribution in [-0.2, 0) is 6.54 Å². The summed E-state index contributed by atoms with van der Waals surface area (Å²) < 4.78 is 11.7. The normalized spacial score (nSPS) is 20.4. The number of fused-ring (bicyclic) bond motifs is 1. The summed E-state index contributed by atoms with van der Waals surface area (Å²) in [5, 5.41) is 3.74. The highest BCUT2D eigenvalue weighted by Crippen LogP contribution is 2.33. The Balaban J connectivity index is 1.61. The van der Waals surface area contributed by atoms with Gasteiger partial charge in [-0.25, -0.2) is 0 Å². The molecule has 0 radical (unpaired) electrons. The summed E-state index contributed by atoms with van der Waals surface area (Å²) in [6.45, 7) is 2.40. The Labute approximate surface area is 128 Å². The SMILES string of the molecule is c1cc(CNC2CCCCCCC2)c2c(c1)OCCCO2. The van der Waals surface area contributed by atoms with Crippen molar-refractivity contribution in [2.75, 3.05) is 13.2 Å². The van der Waals surface area contributed by atoms with Crippen LogP contribution in [0.5, 0.6) is 11.5 Å². The lowest BCUT2D eigenvalue weighted by atomic mass is 9.96. The van der Waals surface area contributed by atoms with Gasteiger partial charge in [0, 0.05) is 24.6 Å². The van der Waals surface area contributed by atoms with Crippen LogP contribution in [0.1, 0.15) is 56.9 Å². The van der Waals surface area contributed by atoms with Gasteiger partial charge in [-0.15, -0.1) is 0 Å². The average Bonchev–Trinajstić information content (AvgIpc) is 2.72. The standard InChI is InChI=1S/C18H27NO2/c1-2-4-9-16(10-5-3-1)19-14-15-8-6-11-17-18(15)21-13-7-12-20-17/h6,8,11,16,19H,1-5,7,9-10,12-14H2. The van der Waals surface area contributed by atoms with Gasteiger partial charge in [0.2, 0.25) is 0 Å². The molecule has 1 aromatic rings. The van der Waals surface area contributed by atoms with Gasteiger partial charge < -0.3 is 14.8 Å². The number of para-hydroxylation sites is 1. The van der Waals surface area contributed by atoms with Crippen molar-refractivity contribution in [1.29, 1.82) is 0 Å². The summed E-state index contributed by atoms with van der Waals surface area (Å²) in [6.07, 6.45) is 10.5. The second-order valence-corrected chi connectivity index (χ2v) is 6.22. The molecule has 3 rings (SSSR count). The van der Waals surface area contributed by atoms with Crippen molar-refractivity contribution in [3.63, 3.8) is 0 Å². The Bertz CT molecular complexity index is 439. The predicted octanol–water partition coefficient (Wildman–Crippen LogP) is 4.05. The molecular weight excluding hydrogens is 262 g/mol. The summed E-state index contributed by atoms with van der Waals surface area (Å²) in [5.74, 6) is 1.86. The van der Waals surface area contributed by atoms with Crippen LogP contribution in [-0.4, -0.2) is 19.3 Å². The molecule has 1 saturated carbocycles. The Morgan fingerprint density at radius 1 is 0.905 bits per heavy atom. The van der Waals surface area contributed by atoms with Gasteiger partial charge in [0.15, 0.2) is 11.5 Å². The molecule has 1 aliphatic carbocycles. The Kier molecular flexibility index (Phi) is 5.39. The highest BCUT2D eigenvalue weighted by molar-refractivity contribution is 5.47. The van der Waals surface area contributed by atoms with Crippen LogP contribution >= 0.6 is 0 Å². The third kappa shape index (κ3) is 4.13. The zero-order valence-corrected chi connectivity index (χ0v) is 12.9. The molecule has 1 aliphatic heterocycles. The van der Waals surface area contributed by atoms with E-state index in [1.165, 1.54) is 50.5 Å². The van der Waals surface area contributed by atoms with E-state index in [1.54, 1.807) is 0 Å². The van der Waals surface area contributed by atoms with Gasteiger partial charge in [-0.1, -0.05) is 44.2 Å².